The summed E-state index contributed by atoms with van der Waals surface area (Å²) in [7, 11) is 0. The summed E-state index contributed by atoms with van der Waals surface area (Å²) in [5, 5.41) is 13.7. The van der Waals surface area contributed by atoms with Crippen molar-refractivity contribution in [1.82, 2.24) is 0 Å². The van der Waals surface area contributed by atoms with Crippen LogP contribution in [0.5, 0.6) is 5.75 Å². The number of amides is 2. The van der Waals surface area contributed by atoms with E-state index in [2.05, 4.69) is 5.32 Å². The standard InChI is InChI=1S/C20H21N3O5/c1-3-28-17-8-6-15(7-9-17)22-12-14(10-19(22)24)20(25)21-18-11-16(23(26)27)5-4-13(18)2/h4-9,11,14H,3,10,12H2,1-2H3,(H,21,25). The minimum atomic E-state index is -0.530. The molecule has 8 heteroatoms. The first-order valence-electron chi connectivity index (χ1n) is 8.98. The molecule has 0 saturated carbocycles. The van der Waals surface area contributed by atoms with Gasteiger partial charge in [-0.2, -0.15) is 0 Å². The van der Waals surface area contributed by atoms with E-state index in [1.165, 1.54) is 12.1 Å². The maximum absolute atomic E-state index is 12.6. The molecule has 1 aliphatic rings. The molecule has 1 N–H and O–H groups in total. The van der Waals surface area contributed by atoms with Crippen LogP contribution in [-0.4, -0.2) is 29.9 Å². The summed E-state index contributed by atoms with van der Waals surface area (Å²) in [6.45, 7) is 4.46. The van der Waals surface area contributed by atoms with E-state index in [4.69, 9.17) is 4.74 Å². The van der Waals surface area contributed by atoms with E-state index < -0.39 is 10.8 Å². The highest BCUT2D eigenvalue weighted by Crippen LogP contribution is 2.29. The van der Waals surface area contributed by atoms with Crippen LogP contribution >= 0.6 is 0 Å². The third kappa shape index (κ3) is 4.11. The molecule has 1 saturated heterocycles. The second-order valence-corrected chi connectivity index (χ2v) is 6.58. The van der Waals surface area contributed by atoms with Crippen molar-refractivity contribution in [2.75, 3.05) is 23.4 Å². The van der Waals surface area contributed by atoms with Gasteiger partial charge < -0.3 is 15.0 Å². The molecule has 3 rings (SSSR count). The maximum Gasteiger partial charge on any atom is 0.271 e. The van der Waals surface area contributed by atoms with Gasteiger partial charge in [0.25, 0.3) is 5.69 Å². The number of hydrogen-bond donors (Lipinski definition) is 1. The Kier molecular flexibility index (Phi) is 5.58. The van der Waals surface area contributed by atoms with Crippen molar-refractivity contribution in [2.24, 2.45) is 5.92 Å². The summed E-state index contributed by atoms with van der Waals surface area (Å²) in [6.07, 6.45) is 0.0903. The number of nitrogens with one attached hydrogen (secondary N) is 1. The molecule has 1 aliphatic heterocycles. The quantitative estimate of drug-likeness (QED) is 0.609. The summed E-state index contributed by atoms with van der Waals surface area (Å²) in [5.41, 5.74) is 1.70. The SMILES string of the molecule is CCOc1ccc(N2CC(C(=O)Nc3cc([N+](=O)[O-])ccc3C)CC2=O)cc1. The molecular weight excluding hydrogens is 362 g/mol. The third-order valence-corrected chi connectivity index (χ3v) is 4.65. The fourth-order valence-corrected chi connectivity index (χ4v) is 3.11. The van der Waals surface area contributed by atoms with Gasteiger partial charge in [0.15, 0.2) is 0 Å². The van der Waals surface area contributed by atoms with Crippen molar-refractivity contribution in [1.29, 1.82) is 0 Å². The number of anilines is 2. The molecule has 1 fully saturated rings. The molecule has 0 aliphatic carbocycles. The number of carbonyl (C=O) groups is 2. The lowest BCUT2D eigenvalue weighted by molar-refractivity contribution is -0.384. The Hall–Kier alpha value is -3.42. The van der Waals surface area contributed by atoms with Gasteiger partial charge in [0, 0.05) is 30.8 Å². The van der Waals surface area contributed by atoms with E-state index >= 15 is 0 Å². The van der Waals surface area contributed by atoms with Crippen molar-refractivity contribution in [2.45, 2.75) is 20.3 Å². The van der Waals surface area contributed by atoms with E-state index in [1.807, 2.05) is 6.92 Å². The minimum absolute atomic E-state index is 0.0903. The molecule has 2 aromatic rings. The van der Waals surface area contributed by atoms with Crippen molar-refractivity contribution < 1.29 is 19.2 Å². The Labute approximate surface area is 162 Å². The van der Waals surface area contributed by atoms with Gasteiger partial charge >= 0.3 is 0 Å². The Morgan fingerprint density at radius 2 is 2.00 bits per heavy atom. The Morgan fingerprint density at radius 1 is 1.29 bits per heavy atom. The Balaban J connectivity index is 1.70. The highest BCUT2D eigenvalue weighted by Gasteiger charge is 2.35. The largest absolute Gasteiger partial charge is 0.494 e. The molecule has 0 aromatic heterocycles. The van der Waals surface area contributed by atoms with Gasteiger partial charge in [0.05, 0.1) is 23.1 Å². The molecule has 0 radical (unpaired) electrons. The summed E-state index contributed by atoms with van der Waals surface area (Å²) in [4.78, 5) is 37.0. The first-order chi connectivity index (χ1) is 13.4. The van der Waals surface area contributed by atoms with Crippen LogP contribution in [-0.2, 0) is 9.59 Å². The number of nitrogens with zero attached hydrogens (tertiary/aromatic N) is 2. The fraction of sp³-hybridized carbons (Fsp3) is 0.300. The summed E-state index contributed by atoms with van der Waals surface area (Å²) >= 11 is 0. The van der Waals surface area contributed by atoms with Crippen molar-refractivity contribution in [3.8, 4) is 5.75 Å². The van der Waals surface area contributed by atoms with E-state index in [9.17, 15) is 19.7 Å². The molecule has 1 unspecified atom stereocenters. The lowest BCUT2D eigenvalue weighted by atomic mass is 10.1. The van der Waals surface area contributed by atoms with Crippen LogP contribution in [0.1, 0.15) is 18.9 Å². The predicted molar refractivity (Wildman–Crippen MR) is 105 cm³/mol. The van der Waals surface area contributed by atoms with E-state index in [-0.39, 0.29) is 30.5 Å². The van der Waals surface area contributed by atoms with Gasteiger partial charge in [-0.1, -0.05) is 6.07 Å². The molecule has 2 aromatic carbocycles. The van der Waals surface area contributed by atoms with Crippen molar-refractivity contribution in [3.63, 3.8) is 0 Å². The van der Waals surface area contributed by atoms with Gasteiger partial charge in [-0.25, -0.2) is 0 Å². The number of benzene rings is 2. The molecular formula is C20H21N3O5. The molecule has 28 heavy (non-hydrogen) atoms. The van der Waals surface area contributed by atoms with Crippen LogP contribution in [0, 0.1) is 23.0 Å². The number of rotatable bonds is 6. The zero-order valence-electron chi connectivity index (χ0n) is 15.7. The van der Waals surface area contributed by atoms with Crippen LogP contribution in [0.25, 0.3) is 0 Å². The maximum atomic E-state index is 12.6. The van der Waals surface area contributed by atoms with Gasteiger partial charge in [-0.05, 0) is 43.7 Å². The molecule has 8 nitrogen and oxygen atoms in total. The average Bonchev–Trinajstić information content (AvgIpc) is 3.06. The molecule has 1 heterocycles. The van der Waals surface area contributed by atoms with Crippen LogP contribution in [0.3, 0.4) is 0 Å². The zero-order chi connectivity index (χ0) is 20.3. The second kappa shape index (κ2) is 8.08. The number of nitro groups is 1. The average molecular weight is 383 g/mol. The van der Waals surface area contributed by atoms with Crippen molar-refractivity contribution in [3.05, 3.63) is 58.1 Å². The monoisotopic (exact) mass is 383 g/mol. The smallest absolute Gasteiger partial charge is 0.271 e. The molecule has 1 atom stereocenters. The molecule has 2 amide bonds. The lowest BCUT2D eigenvalue weighted by Gasteiger charge is -2.17. The zero-order valence-corrected chi connectivity index (χ0v) is 15.7. The van der Waals surface area contributed by atoms with Gasteiger partial charge in [0.1, 0.15) is 5.75 Å². The van der Waals surface area contributed by atoms with Crippen LogP contribution in [0.15, 0.2) is 42.5 Å². The summed E-state index contributed by atoms with van der Waals surface area (Å²) < 4.78 is 5.40. The number of nitro benzene ring substituents is 1. The Morgan fingerprint density at radius 3 is 2.64 bits per heavy atom. The molecule has 0 bridgehead atoms. The van der Waals surface area contributed by atoms with Crippen LogP contribution in [0.2, 0.25) is 0 Å². The first kappa shape index (κ1) is 19.3. The third-order valence-electron chi connectivity index (χ3n) is 4.65. The highest BCUT2D eigenvalue weighted by atomic mass is 16.6. The molecule has 0 spiro atoms. The summed E-state index contributed by atoms with van der Waals surface area (Å²) in [6, 6.07) is 11.4. The van der Waals surface area contributed by atoms with Crippen LogP contribution < -0.4 is 15.0 Å². The van der Waals surface area contributed by atoms with E-state index in [1.54, 1.807) is 42.2 Å². The van der Waals surface area contributed by atoms with Gasteiger partial charge in [-0.3, -0.25) is 19.7 Å². The van der Waals surface area contributed by atoms with Gasteiger partial charge in [-0.15, -0.1) is 0 Å². The van der Waals surface area contributed by atoms with Crippen LogP contribution in [0.4, 0.5) is 17.1 Å². The second-order valence-electron chi connectivity index (χ2n) is 6.58. The number of aryl methyl sites for hydroxylation is 1. The normalized spacial score (nSPS) is 16.1. The minimum Gasteiger partial charge on any atom is -0.494 e. The van der Waals surface area contributed by atoms with E-state index in [0.717, 1.165) is 0 Å². The number of carbonyl (C=O) groups excluding carboxylic acids is 2. The first-order valence-corrected chi connectivity index (χ1v) is 8.98. The van der Waals surface area contributed by atoms with E-state index in [0.29, 0.717) is 29.3 Å². The fourth-order valence-electron chi connectivity index (χ4n) is 3.11. The number of non-ortho nitro benzene ring substituents is 1. The molecule has 146 valence electrons. The lowest BCUT2D eigenvalue weighted by Crippen LogP contribution is -2.28. The summed E-state index contributed by atoms with van der Waals surface area (Å²) in [5.74, 6) is -0.281. The number of hydrogen-bond acceptors (Lipinski definition) is 5. The van der Waals surface area contributed by atoms with Crippen molar-refractivity contribution >= 4 is 28.9 Å². The topological polar surface area (TPSA) is 102 Å². The van der Waals surface area contributed by atoms with Gasteiger partial charge in [0.2, 0.25) is 11.8 Å². The predicted octanol–water partition coefficient (Wildman–Crippen LogP) is 3.29. The number of ether oxygens (including phenoxy) is 1. The Bertz CT molecular complexity index is 911. The highest BCUT2D eigenvalue weighted by molar-refractivity contribution is 6.03.